The molecule has 1 aromatic carbocycles. The standard InChI is InChI=1S/C14H16N2O2/c1-10-3-4-12(7-11(10)2)16-14(17)6-5-13-8-18-9-15-13/h3-4,7-9H,5-6H2,1-2H3,(H,16,17). The molecular formula is C14H16N2O2. The van der Waals surface area contributed by atoms with E-state index in [1.54, 1.807) is 6.26 Å². The van der Waals surface area contributed by atoms with Crippen molar-refractivity contribution in [3.05, 3.63) is 47.7 Å². The molecule has 0 unspecified atom stereocenters. The second-order valence-corrected chi connectivity index (χ2v) is 4.33. The number of aromatic nitrogens is 1. The lowest BCUT2D eigenvalue weighted by atomic mass is 10.1. The van der Waals surface area contributed by atoms with Crippen LogP contribution >= 0.6 is 0 Å². The number of anilines is 1. The zero-order chi connectivity index (χ0) is 13.0. The molecule has 0 aliphatic rings. The van der Waals surface area contributed by atoms with Crippen LogP contribution in [0.15, 0.2) is 35.3 Å². The Morgan fingerprint density at radius 1 is 1.33 bits per heavy atom. The molecule has 4 nitrogen and oxygen atoms in total. The first-order valence-corrected chi connectivity index (χ1v) is 5.89. The van der Waals surface area contributed by atoms with Crippen LogP contribution in [-0.2, 0) is 11.2 Å². The molecule has 1 N–H and O–H groups in total. The summed E-state index contributed by atoms with van der Waals surface area (Å²) in [6, 6.07) is 5.89. The van der Waals surface area contributed by atoms with Crippen LogP contribution < -0.4 is 5.32 Å². The Bertz CT molecular complexity index is 533. The second kappa shape index (κ2) is 5.49. The summed E-state index contributed by atoms with van der Waals surface area (Å²) in [5.41, 5.74) is 4.02. The first-order chi connectivity index (χ1) is 8.65. The third kappa shape index (κ3) is 3.20. The van der Waals surface area contributed by atoms with Crippen LogP contribution in [0.2, 0.25) is 0 Å². The molecule has 94 valence electrons. The summed E-state index contributed by atoms with van der Waals surface area (Å²) in [5, 5.41) is 2.88. The van der Waals surface area contributed by atoms with Gasteiger partial charge in [-0.2, -0.15) is 0 Å². The number of nitrogens with zero attached hydrogens (tertiary/aromatic N) is 1. The first-order valence-electron chi connectivity index (χ1n) is 5.89. The van der Waals surface area contributed by atoms with Crippen molar-refractivity contribution in [3.8, 4) is 0 Å². The molecule has 0 aliphatic carbocycles. The van der Waals surface area contributed by atoms with Crippen molar-refractivity contribution in [1.82, 2.24) is 4.98 Å². The highest BCUT2D eigenvalue weighted by Crippen LogP contribution is 2.14. The largest absolute Gasteiger partial charge is 0.451 e. The van der Waals surface area contributed by atoms with Gasteiger partial charge in [0.1, 0.15) is 6.26 Å². The second-order valence-electron chi connectivity index (χ2n) is 4.33. The first kappa shape index (κ1) is 12.4. The van der Waals surface area contributed by atoms with Crippen molar-refractivity contribution in [2.45, 2.75) is 26.7 Å². The Kier molecular flexibility index (Phi) is 3.77. The van der Waals surface area contributed by atoms with E-state index in [4.69, 9.17) is 4.42 Å². The normalized spacial score (nSPS) is 10.3. The van der Waals surface area contributed by atoms with Crippen LogP contribution in [0.4, 0.5) is 5.69 Å². The van der Waals surface area contributed by atoms with Crippen molar-refractivity contribution < 1.29 is 9.21 Å². The highest BCUT2D eigenvalue weighted by molar-refractivity contribution is 5.90. The Balaban J connectivity index is 1.88. The quantitative estimate of drug-likeness (QED) is 0.899. The highest BCUT2D eigenvalue weighted by atomic mass is 16.3. The summed E-state index contributed by atoms with van der Waals surface area (Å²) in [4.78, 5) is 15.7. The van der Waals surface area contributed by atoms with Gasteiger partial charge in [0.05, 0.1) is 5.69 Å². The number of carbonyl (C=O) groups is 1. The fraction of sp³-hybridized carbons (Fsp3) is 0.286. The third-order valence-electron chi connectivity index (χ3n) is 2.88. The molecule has 1 amide bonds. The number of benzene rings is 1. The average molecular weight is 244 g/mol. The fourth-order valence-corrected chi connectivity index (χ4v) is 1.65. The van der Waals surface area contributed by atoms with Crippen molar-refractivity contribution in [2.75, 3.05) is 5.32 Å². The predicted octanol–water partition coefficient (Wildman–Crippen LogP) is 2.86. The number of oxazole rings is 1. The van der Waals surface area contributed by atoms with Gasteiger partial charge in [0, 0.05) is 18.5 Å². The van der Waals surface area contributed by atoms with Gasteiger partial charge in [-0.3, -0.25) is 4.79 Å². The maximum absolute atomic E-state index is 11.7. The van der Waals surface area contributed by atoms with E-state index >= 15 is 0 Å². The molecule has 0 fully saturated rings. The summed E-state index contributed by atoms with van der Waals surface area (Å²) in [7, 11) is 0. The smallest absolute Gasteiger partial charge is 0.224 e. The molecule has 0 saturated carbocycles. The molecule has 2 aromatic rings. The van der Waals surface area contributed by atoms with Crippen molar-refractivity contribution in [3.63, 3.8) is 0 Å². The van der Waals surface area contributed by atoms with Crippen molar-refractivity contribution in [2.24, 2.45) is 0 Å². The van der Waals surface area contributed by atoms with E-state index in [9.17, 15) is 4.79 Å². The van der Waals surface area contributed by atoms with Crippen molar-refractivity contribution in [1.29, 1.82) is 0 Å². The highest BCUT2D eigenvalue weighted by Gasteiger charge is 2.05. The summed E-state index contributed by atoms with van der Waals surface area (Å²) >= 11 is 0. The van der Waals surface area contributed by atoms with Gasteiger partial charge in [-0.1, -0.05) is 6.07 Å². The van der Waals surface area contributed by atoms with Crippen LogP contribution in [0.1, 0.15) is 23.2 Å². The monoisotopic (exact) mass is 244 g/mol. The summed E-state index contributed by atoms with van der Waals surface area (Å²) in [6.07, 6.45) is 3.92. The molecule has 4 heteroatoms. The number of hydrogen-bond donors (Lipinski definition) is 1. The molecule has 0 spiro atoms. The Labute approximate surface area is 106 Å². The molecule has 0 bridgehead atoms. The lowest BCUT2D eigenvalue weighted by Gasteiger charge is -2.07. The average Bonchev–Trinajstić information content (AvgIpc) is 2.84. The Morgan fingerprint density at radius 3 is 2.83 bits per heavy atom. The van der Waals surface area contributed by atoms with Gasteiger partial charge < -0.3 is 9.73 Å². The number of amides is 1. The zero-order valence-corrected chi connectivity index (χ0v) is 10.6. The molecule has 2 rings (SSSR count). The molecule has 0 radical (unpaired) electrons. The van der Waals surface area contributed by atoms with E-state index in [1.165, 1.54) is 17.5 Å². The number of carbonyl (C=O) groups excluding carboxylic acids is 1. The number of aryl methyl sites for hydroxylation is 3. The molecule has 0 aliphatic heterocycles. The van der Waals surface area contributed by atoms with E-state index in [1.807, 2.05) is 32.0 Å². The van der Waals surface area contributed by atoms with Gasteiger partial charge in [0.2, 0.25) is 5.91 Å². The van der Waals surface area contributed by atoms with E-state index in [0.717, 1.165) is 11.4 Å². The van der Waals surface area contributed by atoms with Crippen molar-refractivity contribution >= 4 is 11.6 Å². The Morgan fingerprint density at radius 2 is 2.17 bits per heavy atom. The van der Waals surface area contributed by atoms with Crippen LogP contribution in [0.5, 0.6) is 0 Å². The van der Waals surface area contributed by atoms with E-state index in [-0.39, 0.29) is 5.91 Å². The zero-order valence-electron chi connectivity index (χ0n) is 10.6. The van der Waals surface area contributed by atoms with Gasteiger partial charge in [0.15, 0.2) is 6.39 Å². The molecule has 18 heavy (non-hydrogen) atoms. The fourth-order valence-electron chi connectivity index (χ4n) is 1.65. The van der Waals surface area contributed by atoms with Gasteiger partial charge in [-0.15, -0.1) is 0 Å². The maximum atomic E-state index is 11.7. The van der Waals surface area contributed by atoms with Gasteiger partial charge in [-0.25, -0.2) is 4.98 Å². The molecule has 1 heterocycles. The minimum absolute atomic E-state index is 0.0127. The third-order valence-corrected chi connectivity index (χ3v) is 2.88. The maximum Gasteiger partial charge on any atom is 0.224 e. The number of hydrogen-bond acceptors (Lipinski definition) is 3. The lowest BCUT2D eigenvalue weighted by Crippen LogP contribution is -2.12. The van der Waals surface area contributed by atoms with E-state index < -0.39 is 0 Å². The number of rotatable bonds is 4. The molecule has 1 aromatic heterocycles. The topological polar surface area (TPSA) is 55.1 Å². The van der Waals surface area contributed by atoms with Crippen LogP contribution in [0, 0.1) is 13.8 Å². The van der Waals surface area contributed by atoms with Gasteiger partial charge in [-0.05, 0) is 37.1 Å². The van der Waals surface area contributed by atoms with Crippen LogP contribution in [0.3, 0.4) is 0 Å². The molecule has 0 saturated heterocycles. The predicted molar refractivity (Wildman–Crippen MR) is 69.4 cm³/mol. The van der Waals surface area contributed by atoms with E-state index in [0.29, 0.717) is 12.8 Å². The Hall–Kier alpha value is -2.10. The molecular weight excluding hydrogens is 228 g/mol. The van der Waals surface area contributed by atoms with E-state index in [2.05, 4.69) is 10.3 Å². The lowest BCUT2D eigenvalue weighted by molar-refractivity contribution is -0.116. The van der Waals surface area contributed by atoms with Crippen LogP contribution in [0.25, 0.3) is 0 Å². The SMILES string of the molecule is Cc1ccc(NC(=O)CCc2cocn2)cc1C. The summed E-state index contributed by atoms with van der Waals surface area (Å²) in [6.45, 7) is 4.08. The minimum Gasteiger partial charge on any atom is -0.451 e. The minimum atomic E-state index is -0.0127. The molecule has 0 atom stereocenters. The van der Waals surface area contributed by atoms with Gasteiger partial charge in [0.25, 0.3) is 0 Å². The van der Waals surface area contributed by atoms with Gasteiger partial charge >= 0.3 is 0 Å². The van der Waals surface area contributed by atoms with Crippen LogP contribution in [-0.4, -0.2) is 10.9 Å². The summed E-state index contributed by atoms with van der Waals surface area (Å²) in [5.74, 6) is -0.0127. The summed E-state index contributed by atoms with van der Waals surface area (Å²) < 4.78 is 4.85. The number of nitrogens with one attached hydrogen (secondary N) is 1.